The monoisotopic (exact) mass is 498 g/mol. The summed E-state index contributed by atoms with van der Waals surface area (Å²) in [5.41, 5.74) is 3.72. The lowest BCUT2D eigenvalue weighted by atomic mass is 9.90. The van der Waals surface area contributed by atoms with E-state index in [4.69, 9.17) is 0 Å². The molecule has 0 radical (unpaired) electrons. The van der Waals surface area contributed by atoms with E-state index >= 15 is 0 Å². The Morgan fingerprint density at radius 3 is 2.41 bits per heavy atom. The first kappa shape index (κ1) is 26.1. The van der Waals surface area contributed by atoms with Crippen LogP contribution < -0.4 is 9.80 Å². The zero-order chi connectivity index (χ0) is 26.7. The standard InChI is InChI=1S/C30H34N4O3/c1-6-34-25-14-13-23(18-26(25)32(5)28(36)30(3,4)29(34)37)20-33(17-15-22-11-9-16-31-19-22)27(35)24-12-8-7-10-21(24)2/h7-14,16,18-19H,6,15,17,20H2,1-5H3. The van der Waals surface area contributed by atoms with Gasteiger partial charge < -0.3 is 14.7 Å². The highest BCUT2D eigenvalue weighted by Gasteiger charge is 2.45. The van der Waals surface area contributed by atoms with E-state index in [9.17, 15) is 14.4 Å². The Morgan fingerprint density at radius 1 is 0.973 bits per heavy atom. The third-order valence-corrected chi connectivity index (χ3v) is 7.06. The molecule has 192 valence electrons. The Morgan fingerprint density at radius 2 is 1.73 bits per heavy atom. The lowest BCUT2D eigenvalue weighted by Gasteiger charge is -2.27. The summed E-state index contributed by atoms with van der Waals surface area (Å²) in [6, 6.07) is 17.2. The van der Waals surface area contributed by atoms with Crippen LogP contribution in [0.15, 0.2) is 67.0 Å². The molecule has 3 amide bonds. The predicted octanol–water partition coefficient (Wildman–Crippen LogP) is 4.63. The van der Waals surface area contributed by atoms with Crippen molar-refractivity contribution in [2.24, 2.45) is 5.41 Å². The van der Waals surface area contributed by atoms with E-state index in [0.29, 0.717) is 43.0 Å². The molecule has 1 aliphatic rings. The molecule has 0 spiro atoms. The molecule has 1 aromatic heterocycles. The molecule has 0 fully saturated rings. The molecule has 2 heterocycles. The normalized spacial score (nSPS) is 14.8. The lowest BCUT2D eigenvalue weighted by Crippen LogP contribution is -2.47. The number of carbonyl (C=O) groups is 3. The van der Waals surface area contributed by atoms with E-state index < -0.39 is 5.41 Å². The summed E-state index contributed by atoms with van der Waals surface area (Å²) in [6.45, 7) is 8.52. The molecule has 37 heavy (non-hydrogen) atoms. The Kier molecular flexibility index (Phi) is 7.43. The van der Waals surface area contributed by atoms with Crippen LogP contribution in [0.2, 0.25) is 0 Å². The zero-order valence-electron chi connectivity index (χ0n) is 22.2. The fourth-order valence-corrected chi connectivity index (χ4v) is 4.81. The minimum absolute atomic E-state index is 0.0483. The summed E-state index contributed by atoms with van der Waals surface area (Å²) < 4.78 is 0. The van der Waals surface area contributed by atoms with Crippen LogP contribution in [0.3, 0.4) is 0 Å². The average molecular weight is 499 g/mol. The zero-order valence-corrected chi connectivity index (χ0v) is 22.2. The number of fused-ring (bicyclic) bond motifs is 1. The number of hydrogen-bond acceptors (Lipinski definition) is 4. The molecule has 0 atom stereocenters. The van der Waals surface area contributed by atoms with Crippen molar-refractivity contribution in [1.82, 2.24) is 9.88 Å². The number of pyridine rings is 1. The molecule has 7 nitrogen and oxygen atoms in total. The van der Waals surface area contributed by atoms with Crippen LogP contribution in [0.4, 0.5) is 11.4 Å². The van der Waals surface area contributed by atoms with Crippen molar-refractivity contribution >= 4 is 29.1 Å². The quantitative estimate of drug-likeness (QED) is 0.445. The first-order chi connectivity index (χ1) is 17.6. The van der Waals surface area contributed by atoms with Crippen molar-refractivity contribution in [3.8, 4) is 0 Å². The summed E-state index contributed by atoms with van der Waals surface area (Å²) in [4.78, 5) is 49.4. The second-order valence-corrected chi connectivity index (χ2v) is 10.0. The van der Waals surface area contributed by atoms with Crippen molar-refractivity contribution in [3.63, 3.8) is 0 Å². The molecule has 1 aliphatic heterocycles. The molecular formula is C30H34N4O3. The molecule has 0 aliphatic carbocycles. The number of aryl methyl sites for hydroxylation is 1. The highest BCUT2D eigenvalue weighted by Crippen LogP contribution is 2.39. The minimum Gasteiger partial charge on any atom is -0.334 e. The van der Waals surface area contributed by atoms with Gasteiger partial charge in [0.2, 0.25) is 11.8 Å². The number of benzene rings is 2. The van der Waals surface area contributed by atoms with Crippen LogP contribution in [-0.4, -0.2) is 47.7 Å². The lowest BCUT2D eigenvalue weighted by molar-refractivity contribution is -0.137. The van der Waals surface area contributed by atoms with Gasteiger partial charge in [-0.3, -0.25) is 19.4 Å². The summed E-state index contributed by atoms with van der Waals surface area (Å²) >= 11 is 0. The summed E-state index contributed by atoms with van der Waals surface area (Å²) in [7, 11) is 1.71. The number of hydrogen-bond donors (Lipinski definition) is 0. The van der Waals surface area contributed by atoms with E-state index in [1.165, 1.54) is 0 Å². The summed E-state index contributed by atoms with van der Waals surface area (Å²) in [5.74, 6) is -0.518. The number of nitrogens with zero attached hydrogens (tertiary/aromatic N) is 4. The van der Waals surface area contributed by atoms with Crippen LogP contribution in [0, 0.1) is 12.3 Å². The van der Waals surface area contributed by atoms with E-state index in [1.54, 1.807) is 36.9 Å². The van der Waals surface area contributed by atoms with Crippen LogP contribution in [0.1, 0.15) is 47.8 Å². The second kappa shape index (κ2) is 10.5. The van der Waals surface area contributed by atoms with Crippen molar-refractivity contribution < 1.29 is 14.4 Å². The molecule has 2 aromatic carbocycles. The van der Waals surface area contributed by atoms with Crippen LogP contribution in [0.25, 0.3) is 0 Å². The molecule has 0 N–H and O–H groups in total. The topological polar surface area (TPSA) is 73.8 Å². The number of rotatable bonds is 7. The largest absolute Gasteiger partial charge is 0.334 e. The van der Waals surface area contributed by atoms with E-state index in [-0.39, 0.29) is 17.7 Å². The highest BCUT2D eigenvalue weighted by molar-refractivity contribution is 6.19. The number of anilines is 2. The van der Waals surface area contributed by atoms with Gasteiger partial charge in [-0.25, -0.2) is 0 Å². The van der Waals surface area contributed by atoms with E-state index in [0.717, 1.165) is 16.7 Å². The Hall–Kier alpha value is -4.00. The van der Waals surface area contributed by atoms with E-state index in [1.807, 2.05) is 79.5 Å². The maximum absolute atomic E-state index is 13.7. The fourth-order valence-electron chi connectivity index (χ4n) is 4.81. The summed E-state index contributed by atoms with van der Waals surface area (Å²) in [6.07, 6.45) is 4.22. The molecule has 0 saturated carbocycles. The van der Waals surface area contributed by atoms with Crippen LogP contribution >= 0.6 is 0 Å². The van der Waals surface area contributed by atoms with Crippen molar-refractivity contribution in [3.05, 3.63) is 89.2 Å². The molecule has 0 unspecified atom stereocenters. The Balaban J connectivity index is 1.69. The first-order valence-electron chi connectivity index (χ1n) is 12.6. The second-order valence-electron chi connectivity index (χ2n) is 10.0. The van der Waals surface area contributed by atoms with Gasteiger partial charge in [0.25, 0.3) is 5.91 Å². The minimum atomic E-state index is -1.17. The predicted molar refractivity (Wildman–Crippen MR) is 146 cm³/mol. The molecule has 0 saturated heterocycles. The third-order valence-electron chi connectivity index (χ3n) is 7.06. The maximum atomic E-state index is 13.7. The van der Waals surface area contributed by atoms with Gasteiger partial charge in [0.05, 0.1) is 11.4 Å². The average Bonchev–Trinajstić information content (AvgIpc) is 2.95. The Labute approximate surface area is 218 Å². The van der Waals surface area contributed by atoms with Crippen molar-refractivity contribution in [1.29, 1.82) is 0 Å². The van der Waals surface area contributed by atoms with Gasteiger partial charge in [-0.2, -0.15) is 0 Å². The smallest absolute Gasteiger partial charge is 0.254 e. The Bertz CT molecular complexity index is 1320. The molecule has 4 rings (SSSR count). The van der Waals surface area contributed by atoms with Gasteiger partial charge in [0.1, 0.15) is 5.41 Å². The van der Waals surface area contributed by atoms with Crippen molar-refractivity contribution in [2.45, 2.75) is 40.7 Å². The maximum Gasteiger partial charge on any atom is 0.254 e. The number of amides is 3. The molecule has 7 heteroatoms. The van der Waals surface area contributed by atoms with E-state index in [2.05, 4.69) is 4.98 Å². The van der Waals surface area contributed by atoms with Gasteiger partial charge in [0.15, 0.2) is 0 Å². The van der Waals surface area contributed by atoms with Crippen molar-refractivity contribution in [2.75, 3.05) is 29.9 Å². The van der Waals surface area contributed by atoms with Gasteiger partial charge in [0, 0.05) is 44.6 Å². The molecular weight excluding hydrogens is 464 g/mol. The highest BCUT2D eigenvalue weighted by atomic mass is 16.2. The SMILES string of the molecule is CCN1C(=O)C(C)(C)C(=O)N(C)c2cc(CN(CCc3cccnc3)C(=O)c3ccccc3C)ccc21. The van der Waals surface area contributed by atoms with Gasteiger partial charge >= 0.3 is 0 Å². The van der Waals surface area contributed by atoms with Gasteiger partial charge in [-0.05, 0) is 75.1 Å². The third kappa shape index (κ3) is 5.12. The number of carbonyl (C=O) groups excluding carboxylic acids is 3. The molecule has 0 bridgehead atoms. The van der Waals surface area contributed by atoms with Crippen LogP contribution in [0.5, 0.6) is 0 Å². The number of aromatic nitrogens is 1. The van der Waals surface area contributed by atoms with Gasteiger partial charge in [-0.15, -0.1) is 0 Å². The fraction of sp³-hybridized carbons (Fsp3) is 0.333. The summed E-state index contributed by atoms with van der Waals surface area (Å²) in [5, 5.41) is 0. The van der Waals surface area contributed by atoms with Gasteiger partial charge in [-0.1, -0.05) is 30.3 Å². The molecule has 3 aromatic rings. The van der Waals surface area contributed by atoms with Crippen LogP contribution in [-0.2, 0) is 22.6 Å². The first-order valence-corrected chi connectivity index (χ1v) is 12.6.